The van der Waals surface area contributed by atoms with Crippen molar-refractivity contribution in [3.05, 3.63) is 102 Å². The average Bonchev–Trinajstić information content (AvgIpc) is 3.46. The lowest BCUT2D eigenvalue weighted by molar-refractivity contribution is -0.129. The van der Waals surface area contributed by atoms with Crippen LogP contribution in [0.2, 0.25) is 0 Å². The lowest BCUT2D eigenvalue weighted by Crippen LogP contribution is -2.47. The van der Waals surface area contributed by atoms with Gasteiger partial charge in [-0.1, -0.05) is 78.9 Å². The van der Waals surface area contributed by atoms with Crippen molar-refractivity contribution in [3.8, 4) is 5.75 Å². The van der Waals surface area contributed by atoms with Gasteiger partial charge in [-0.05, 0) is 70.1 Å². The van der Waals surface area contributed by atoms with Crippen LogP contribution in [0.4, 0.5) is 4.39 Å². The molecule has 43 heavy (non-hydrogen) atoms. The molecule has 1 aliphatic carbocycles. The van der Waals surface area contributed by atoms with E-state index in [0.717, 1.165) is 30.7 Å². The summed E-state index contributed by atoms with van der Waals surface area (Å²) in [6.45, 7) is 11.5. The van der Waals surface area contributed by atoms with Crippen molar-refractivity contribution < 1.29 is 13.9 Å². The van der Waals surface area contributed by atoms with Crippen LogP contribution in [0.1, 0.15) is 63.6 Å². The van der Waals surface area contributed by atoms with E-state index in [4.69, 9.17) is 4.74 Å². The van der Waals surface area contributed by atoms with E-state index in [2.05, 4.69) is 81.1 Å². The van der Waals surface area contributed by atoms with Gasteiger partial charge in [0.2, 0.25) is 5.91 Å². The Hall–Kier alpha value is -2.89. The fourth-order valence-corrected chi connectivity index (χ4v) is 7.65. The minimum absolute atomic E-state index is 0. The molecule has 232 valence electrons. The molecule has 1 amide bonds. The maximum atomic E-state index is 15.6. The quantitative estimate of drug-likeness (QED) is 0.209. The highest BCUT2D eigenvalue weighted by Crippen LogP contribution is 2.54. The molecule has 5 rings (SSSR count). The second kappa shape index (κ2) is 14.7. The predicted molar refractivity (Wildman–Crippen MR) is 176 cm³/mol. The van der Waals surface area contributed by atoms with Gasteiger partial charge in [-0.3, -0.25) is 9.69 Å². The van der Waals surface area contributed by atoms with E-state index >= 15 is 4.39 Å². The fraction of sp³-hybridized carbons (Fsp3) is 0.486. The summed E-state index contributed by atoms with van der Waals surface area (Å²) in [5.74, 6) is 0.661. The summed E-state index contributed by atoms with van der Waals surface area (Å²) in [6.07, 6.45) is 1.54. The van der Waals surface area contributed by atoms with E-state index in [1.54, 1.807) is 0 Å². The Morgan fingerprint density at radius 3 is 2.09 bits per heavy atom. The van der Waals surface area contributed by atoms with E-state index in [-0.39, 0.29) is 42.0 Å². The molecular formula is C37H48ClFN2O2. The second-order valence-corrected chi connectivity index (χ2v) is 12.7. The first-order valence-electron chi connectivity index (χ1n) is 15.8. The first kappa shape index (κ1) is 33.0. The molecular weight excluding hydrogens is 559 g/mol. The van der Waals surface area contributed by atoms with Gasteiger partial charge in [0.1, 0.15) is 11.9 Å². The van der Waals surface area contributed by atoms with Crippen LogP contribution in [0.25, 0.3) is 0 Å². The number of carbonyl (C=O) groups excluding carboxylic acids is 1. The summed E-state index contributed by atoms with van der Waals surface area (Å²) >= 11 is 0. The molecule has 0 bridgehead atoms. The minimum Gasteiger partial charge on any atom is -0.493 e. The number of para-hydroxylation sites is 1. The summed E-state index contributed by atoms with van der Waals surface area (Å²) in [6, 6.07) is 30.0. The smallest absolute Gasteiger partial charge is 0.227 e. The van der Waals surface area contributed by atoms with E-state index < -0.39 is 6.17 Å². The van der Waals surface area contributed by atoms with Crippen LogP contribution in [0.3, 0.4) is 0 Å². The van der Waals surface area contributed by atoms with Crippen LogP contribution in [0.5, 0.6) is 5.75 Å². The maximum absolute atomic E-state index is 15.6. The van der Waals surface area contributed by atoms with Gasteiger partial charge in [-0.25, -0.2) is 4.39 Å². The molecule has 1 heterocycles. The Morgan fingerprint density at radius 1 is 0.907 bits per heavy atom. The van der Waals surface area contributed by atoms with Crippen LogP contribution in [0, 0.1) is 11.8 Å². The molecule has 1 saturated heterocycles. The van der Waals surface area contributed by atoms with E-state index in [0.29, 0.717) is 38.2 Å². The molecule has 3 aromatic rings. The van der Waals surface area contributed by atoms with Gasteiger partial charge in [0.15, 0.2) is 0 Å². The highest BCUT2D eigenvalue weighted by molar-refractivity contribution is 5.85. The molecule has 4 nitrogen and oxygen atoms in total. The molecule has 3 atom stereocenters. The number of ether oxygens (including phenoxy) is 1. The number of hydrogen-bond acceptors (Lipinski definition) is 3. The zero-order valence-electron chi connectivity index (χ0n) is 26.1. The predicted octanol–water partition coefficient (Wildman–Crippen LogP) is 7.73. The molecule has 0 unspecified atom stereocenters. The van der Waals surface area contributed by atoms with E-state index in [9.17, 15) is 4.79 Å². The van der Waals surface area contributed by atoms with Crippen LogP contribution >= 0.6 is 12.4 Å². The molecule has 3 aromatic carbocycles. The number of fused-ring (bicyclic) bond motifs is 1. The highest BCUT2D eigenvalue weighted by atomic mass is 35.5. The van der Waals surface area contributed by atoms with Crippen LogP contribution < -0.4 is 4.74 Å². The molecule has 6 heteroatoms. The second-order valence-electron chi connectivity index (χ2n) is 12.7. The topological polar surface area (TPSA) is 32.8 Å². The molecule has 0 radical (unpaired) electrons. The minimum atomic E-state index is -0.903. The van der Waals surface area contributed by atoms with Crippen molar-refractivity contribution >= 4 is 18.3 Å². The molecule has 2 aliphatic rings. The van der Waals surface area contributed by atoms with Crippen molar-refractivity contribution in [1.82, 2.24) is 9.80 Å². The third-order valence-electron chi connectivity index (χ3n) is 9.67. The Kier molecular flexibility index (Phi) is 11.3. The summed E-state index contributed by atoms with van der Waals surface area (Å²) in [7, 11) is 0. The fourth-order valence-electron chi connectivity index (χ4n) is 7.65. The molecule has 0 spiro atoms. The normalized spacial score (nSPS) is 21.1. The Balaban J connectivity index is 0.00000423. The van der Waals surface area contributed by atoms with Crippen LogP contribution in [-0.2, 0) is 16.6 Å². The number of carbonyl (C=O) groups is 1. The lowest BCUT2D eigenvalue weighted by atomic mass is 9.56. The number of amides is 1. The van der Waals surface area contributed by atoms with Gasteiger partial charge >= 0.3 is 0 Å². The zero-order chi connectivity index (χ0) is 29.7. The van der Waals surface area contributed by atoms with Gasteiger partial charge in [0, 0.05) is 48.6 Å². The highest BCUT2D eigenvalue weighted by Gasteiger charge is 2.55. The largest absolute Gasteiger partial charge is 0.493 e. The summed E-state index contributed by atoms with van der Waals surface area (Å²) in [5, 5.41) is 0. The van der Waals surface area contributed by atoms with E-state index in [1.165, 1.54) is 11.1 Å². The Labute approximate surface area is 264 Å². The Bertz CT molecular complexity index is 1250. The number of benzene rings is 3. The molecule has 0 N–H and O–H groups in total. The zero-order valence-corrected chi connectivity index (χ0v) is 26.9. The number of nitrogens with zero attached hydrogens (tertiary/aromatic N) is 2. The standard InChI is InChI=1S/C37H47FN2O2.ClH/c1-27(2)40(28(3)4)22-13-23-42-35-19-12-11-14-29(35)24-36(41)39-25-32-33(26-39)37(21-20-34(32)38,30-15-7-5-8-16-30)31-17-9-6-10-18-31;/h5-12,14-19,27-28,32-34H,13,20-26H2,1-4H3;1H/t32-,33+,34+;/m0./s1. The summed E-state index contributed by atoms with van der Waals surface area (Å²) < 4.78 is 21.8. The van der Waals surface area contributed by atoms with Gasteiger partial charge in [-0.2, -0.15) is 0 Å². The van der Waals surface area contributed by atoms with Gasteiger partial charge in [0.25, 0.3) is 0 Å². The van der Waals surface area contributed by atoms with Crippen molar-refractivity contribution in [1.29, 1.82) is 0 Å². The number of likely N-dealkylation sites (tertiary alicyclic amines) is 1. The van der Waals surface area contributed by atoms with E-state index in [1.807, 2.05) is 41.3 Å². The number of halogens is 2. The molecule has 1 saturated carbocycles. The van der Waals surface area contributed by atoms with Crippen molar-refractivity contribution in [2.24, 2.45) is 11.8 Å². The van der Waals surface area contributed by atoms with Gasteiger partial charge in [0.05, 0.1) is 13.0 Å². The summed E-state index contributed by atoms with van der Waals surface area (Å²) in [5.41, 5.74) is 3.03. The lowest BCUT2D eigenvalue weighted by Gasteiger charge is -2.47. The SMILES string of the molecule is CC(C)N(CCCOc1ccccc1CC(=O)N1C[C@@H]2[C@H](F)CCC(c3ccccc3)(c3ccccc3)[C@@H]2C1)C(C)C.Cl. The third kappa shape index (κ3) is 7.10. The van der Waals surface area contributed by atoms with Crippen LogP contribution in [0.15, 0.2) is 84.9 Å². The Morgan fingerprint density at radius 2 is 1.49 bits per heavy atom. The first-order chi connectivity index (χ1) is 20.3. The number of alkyl halides is 1. The van der Waals surface area contributed by atoms with Gasteiger partial charge in [-0.15, -0.1) is 12.4 Å². The van der Waals surface area contributed by atoms with Crippen molar-refractivity contribution in [3.63, 3.8) is 0 Å². The van der Waals surface area contributed by atoms with Crippen molar-refractivity contribution in [2.45, 2.75) is 77.0 Å². The molecule has 0 aromatic heterocycles. The van der Waals surface area contributed by atoms with Crippen molar-refractivity contribution in [2.75, 3.05) is 26.2 Å². The maximum Gasteiger partial charge on any atom is 0.227 e. The van der Waals surface area contributed by atoms with Crippen LogP contribution in [-0.4, -0.2) is 60.2 Å². The number of rotatable bonds is 11. The number of hydrogen-bond donors (Lipinski definition) is 0. The third-order valence-corrected chi connectivity index (χ3v) is 9.67. The first-order valence-corrected chi connectivity index (χ1v) is 15.8. The van der Waals surface area contributed by atoms with Gasteiger partial charge < -0.3 is 9.64 Å². The molecule has 2 fully saturated rings. The summed E-state index contributed by atoms with van der Waals surface area (Å²) in [4.78, 5) is 18.2. The molecule has 1 aliphatic heterocycles. The monoisotopic (exact) mass is 606 g/mol. The average molecular weight is 607 g/mol.